The second-order valence-electron chi connectivity index (χ2n) is 9.22. The molecular formula is C28H29ClN2O6. The Morgan fingerprint density at radius 2 is 1.70 bits per heavy atom. The molecule has 37 heavy (non-hydrogen) atoms. The number of hydrogen-bond donors (Lipinski definition) is 3. The lowest BCUT2D eigenvalue weighted by Gasteiger charge is -2.27. The predicted octanol–water partition coefficient (Wildman–Crippen LogP) is 7.05. The number of rotatable bonds is 7. The number of aliphatic carboxylic acids is 1. The molecule has 0 unspecified atom stereocenters. The zero-order valence-electron chi connectivity index (χ0n) is 20.6. The third-order valence-corrected chi connectivity index (χ3v) is 7.01. The van der Waals surface area contributed by atoms with Crippen LogP contribution in [-0.2, 0) is 14.3 Å². The lowest BCUT2D eigenvalue weighted by molar-refractivity contribution is -0.147. The highest BCUT2D eigenvalue weighted by Crippen LogP contribution is 2.35. The molecule has 1 saturated carbocycles. The highest BCUT2D eigenvalue weighted by Gasteiger charge is 2.35. The maximum Gasteiger partial charge on any atom is 0.412 e. The van der Waals surface area contributed by atoms with E-state index in [-0.39, 0.29) is 5.91 Å². The van der Waals surface area contributed by atoms with Gasteiger partial charge in [0, 0.05) is 27.4 Å². The van der Waals surface area contributed by atoms with Crippen LogP contribution in [0.3, 0.4) is 0 Å². The smallest absolute Gasteiger partial charge is 0.412 e. The van der Waals surface area contributed by atoms with Crippen LogP contribution in [0.4, 0.5) is 16.2 Å². The number of carboxylic acid groups (broad SMARTS) is 1. The van der Waals surface area contributed by atoms with Crippen molar-refractivity contribution in [1.82, 2.24) is 0 Å². The van der Waals surface area contributed by atoms with E-state index in [9.17, 15) is 19.5 Å². The summed E-state index contributed by atoms with van der Waals surface area (Å²) in [7, 11) is 0. The standard InChI is InChI=1S/C28H29ClN2O6/c1-16-15-36-25(24(16)31-28(35)37-17(2)20-7-5-6-10-23(20)29)18-11-13-19(14-12-18)30-26(32)21-8-3-4-9-22(21)27(33)34/h5-7,10-15,17,21-22H,3-4,8-9H2,1-2H3,(H,30,32)(H,31,35)(H,33,34)/t17-,21+,22+/m1/s1. The molecule has 1 aromatic heterocycles. The van der Waals surface area contributed by atoms with Crippen molar-refractivity contribution >= 4 is 40.9 Å². The number of benzene rings is 2. The number of aryl methyl sites for hydroxylation is 1. The van der Waals surface area contributed by atoms with E-state index >= 15 is 0 Å². The van der Waals surface area contributed by atoms with Crippen molar-refractivity contribution in [3.8, 4) is 11.3 Å². The molecule has 0 radical (unpaired) electrons. The second kappa shape index (κ2) is 11.5. The monoisotopic (exact) mass is 524 g/mol. The van der Waals surface area contributed by atoms with Gasteiger partial charge >= 0.3 is 12.1 Å². The molecule has 194 valence electrons. The van der Waals surface area contributed by atoms with E-state index < -0.39 is 30.0 Å². The molecule has 1 fully saturated rings. The average Bonchev–Trinajstić information content (AvgIpc) is 3.24. The van der Waals surface area contributed by atoms with Gasteiger partial charge in [0.2, 0.25) is 5.91 Å². The van der Waals surface area contributed by atoms with Gasteiger partial charge in [-0.15, -0.1) is 0 Å². The third-order valence-electron chi connectivity index (χ3n) is 6.66. The van der Waals surface area contributed by atoms with E-state index in [1.165, 1.54) is 6.26 Å². The molecule has 1 heterocycles. The van der Waals surface area contributed by atoms with Gasteiger partial charge in [-0.25, -0.2) is 4.79 Å². The van der Waals surface area contributed by atoms with Crippen LogP contribution in [0.15, 0.2) is 59.2 Å². The first-order valence-corrected chi connectivity index (χ1v) is 12.6. The number of anilines is 2. The molecule has 0 spiro atoms. The van der Waals surface area contributed by atoms with Gasteiger partial charge in [0.15, 0.2) is 5.76 Å². The summed E-state index contributed by atoms with van der Waals surface area (Å²) in [6.07, 6.45) is 3.06. The highest BCUT2D eigenvalue weighted by molar-refractivity contribution is 6.31. The first-order chi connectivity index (χ1) is 17.7. The molecule has 0 bridgehead atoms. The number of carbonyl (C=O) groups is 3. The molecule has 3 aromatic rings. The van der Waals surface area contributed by atoms with E-state index in [0.717, 1.165) is 12.8 Å². The number of furan rings is 1. The summed E-state index contributed by atoms with van der Waals surface area (Å²) in [5.41, 5.74) is 3.12. The van der Waals surface area contributed by atoms with Crippen LogP contribution >= 0.6 is 11.6 Å². The Morgan fingerprint density at radius 3 is 2.38 bits per heavy atom. The number of hydrogen-bond acceptors (Lipinski definition) is 5. The molecule has 4 rings (SSSR count). The lowest BCUT2D eigenvalue weighted by atomic mass is 9.78. The number of halogens is 1. The zero-order valence-corrected chi connectivity index (χ0v) is 21.4. The summed E-state index contributed by atoms with van der Waals surface area (Å²) in [4.78, 5) is 36.9. The first-order valence-electron chi connectivity index (χ1n) is 12.2. The van der Waals surface area contributed by atoms with Gasteiger partial charge < -0.3 is 19.6 Å². The minimum Gasteiger partial charge on any atom is -0.481 e. The van der Waals surface area contributed by atoms with Gasteiger partial charge in [0.05, 0.1) is 23.8 Å². The second-order valence-corrected chi connectivity index (χ2v) is 9.63. The molecule has 0 aliphatic heterocycles. The maximum atomic E-state index is 12.8. The summed E-state index contributed by atoms with van der Waals surface area (Å²) in [6.45, 7) is 3.54. The van der Waals surface area contributed by atoms with Crippen molar-refractivity contribution in [2.24, 2.45) is 11.8 Å². The van der Waals surface area contributed by atoms with Crippen molar-refractivity contribution in [1.29, 1.82) is 0 Å². The molecule has 3 N–H and O–H groups in total. The van der Waals surface area contributed by atoms with E-state index in [4.69, 9.17) is 20.8 Å². The van der Waals surface area contributed by atoms with Gasteiger partial charge in [-0.3, -0.25) is 14.9 Å². The van der Waals surface area contributed by atoms with Crippen molar-refractivity contribution < 1.29 is 28.6 Å². The summed E-state index contributed by atoms with van der Waals surface area (Å²) >= 11 is 6.21. The Labute approximate surface area is 220 Å². The number of carbonyl (C=O) groups excluding carboxylic acids is 2. The minimum absolute atomic E-state index is 0.286. The van der Waals surface area contributed by atoms with Crippen molar-refractivity contribution in [3.05, 3.63) is 70.9 Å². The van der Waals surface area contributed by atoms with Gasteiger partial charge in [-0.1, -0.05) is 42.6 Å². The van der Waals surface area contributed by atoms with Crippen LogP contribution in [-0.4, -0.2) is 23.1 Å². The van der Waals surface area contributed by atoms with Gasteiger partial charge in [0.1, 0.15) is 6.10 Å². The van der Waals surface area contributed by atoms with Gasteiger partial charge in [-0.05, 0) is 57.0 Å². The van der Waals surface area contributed by atoms with Crippen molar-refractivity contribution in [3.63, 3.8) is 0 Å². The fourth-order valence-electron chi connectivity index (χ4n) is 4.65. The summed E-state index contributed by atoms with van der Waals surface area (Å²) in [5.74, 6) is -1.98. The van der Waals surface area contributed by atoms with Gasteiger partial charge in [-0.2, -0.15) is 0 Å². The normalized spacial score (nSPS) is 18.0. The number of nitrogens with one attached hydrogen (secondary N) is 2. The maximum absolute atomic E-state index is 12.8. The molecular weight excluding hydrogens is 496 g/mol. The van der Waals surface area contributed by atoms with E-state index in [1.54, 1.807) is 56.3 Å². The van der Waals surface area contributed by atoms with Crippen LogP contribution < -0.4 is 10.6 Å². The van der Waals surface area contributed by atoms with Crippen LogP contribution in [0.25, 0.3) is 11.3 Å². The quantitative estimate of drug-likeness (QED) is 0.305. The van der Waals surface area contributed by atoms with Crippen molar-refractivity contribution in [2.45, 2.75) is 45.6 Å². The Kier molecular flexibility index (Phi) is 8.18. The minimum atomic E-state index is -0.928. The molecule has 9 heteroatoms. The first kappa shape index (κ1) is 26.3. The van der Waals surface area contributed by atoms with E-state index in [0.29, 0.717) is 51.7 Å². The molecule has 2 aromatic carbocycles. The Hall–Kier alpha value is -3.78. The van der Waals surface area contributed by atoms with E-state index in [1.807, 2.05) is 6.07 Å². The Bertz CT molecular complexity index is 1290. The fourth-order valence-corrected chi connectivity index (χ4v) is 4.94. The molecule has 1 aliphatic rings. The summed E-state index contributed by atoms with van der Waals surface area (Å²) in [6, 6.07) is 14.1. The largest absolute Gasteiger partial charge is 0.481 e. The fraction of sp³-hybridized carbons (Fsp3) is 0.321. The predicted molar refractivity (Wildman–Crippen MR) is 141 cm³/mol. The number of amides is 2. The number of carboxylic acids is 1. The van der Waals surface area contributed by atoms with E-state index in [2.05, 4.69) is 10.6 Å². The zero-order chi connectivity index (χ0) is 26.5. The topological polar surface area (TPSA) is 118 Å². The van der Waals surface area contributed by atoms with Crippen LogP contribution in [0.2, 0.25) is 5.02 Å². The molecule has 8 nitrogen and oxygen atoms in total. The summed E-state index contributed by atoms with van der Waals surface area (Å²) < 4.78 is 11.2. The molecule has 3 atom stereocenters. The average molecular weight is 525 g/mol. The SMILES string of the molecule is Cc1coc(-c2ccc(NC(=O)[C@H]3CCCC[C@@H]3C(=O)O)cc2)c1NC(=O)O[C@H](C)c1ccccc1Cl. The van der Waals surface area contributed by atoms with Crippen LogP contribution in [0, 0.1) is 18.8 Å². The highest BCUT2D eigenvalue weighted by atomic mass is 35.5. The molecule has 1 aliphatic carbocycles. The Balaban J connectivity index is 1.43. The molecule has 0 saturated heterocycles. The van der Waals surface area contributed by atoms with Gasteiger partial charge in [0.25, 0.3) is 0 Å². The molecule has 2 amide bonds. The van der Waals surface area contributed by atoms with Crippen LogP contribution in [0.1, 0.15) is 49.8 Å². The Morgan fingerprint density at radius 1 is 1.03 bits per heavy atom. The van der Waals surface area contributed by atoms with Crippen molar-refractivity contribution in [2.75, 3.05) is 10.6 Å². The number of ether oxygens (including phenoxy) is 1. The lowest BCUT2D eigenvalue weighted by Crippen LogP contribution is -2.36. The summed E-state index contributed by atoms with van der Waals surface area (Å²) in [5, 5.41) is 15.6. The van der Waals surface area contributed by atoms with Crippen LogP contribution in [0.5, 0.6) is 0 Å². The third kappa shape index (κ3) is 6.14.